The van der Waals surface area contributed by atoms with Crippen LogP contribution in [0.15, 0.2) is 39.5 Å². The van der Waals surface area contributed by atoms with Crippen LogP contribution in [-0.4, -0.2) is 5.16 Å². The third kappa shape index (κ3) is 1.41. The van der Waals surface area contributed by atoms with Crippen LogP contribution in [0.4, 0.5) is 0 Å². The van der Waals surface area contributed by atoms with Gasteiger partial charge in [0.15, 0.2) is 0 Å². The maximum atomic E-state index is 4.72. The molecule has 0 atom stereocenters. The fourth-order valence-corrected chi connectivity index (χ4v) is 1.30. The van der Waals surface area contributed by atoms with Crippen LogP contribution in [0.1, 0.15) is 0 Å². The van der Waals surface area contributed by atoms with Gasteiger partial charge in [0.05, 0.1) is 0 Å². The molecule has 1 aromatic heterocycles. The molecule has 1 aromatic carbocycles. The quantitative estimate of drug-likeness (QED) is 0.742. The average molecular weight is 223 g/mol. The Morgan fingerprint density at radius 3 is 3.00 bits per heavy atom. The molecule has 0 unspecified atom stereocenters. The van der Waals surface area contributed by atoms with E-state index in [4.69, 9.17) is 4.52 Å². The van der Waals surface area contributed by atoms with Crippen LogP contribution in [0.5, 0.6) is 0 Å². The topological polar surface area (TPSA) is 26.0 Å². The van der Waals surface area contributed by atoms with Crippen molar-refractivity contribution in [3.63, 3.8) is 0 Å². The highest BCUT2D eigenvalue weighted by molar-refractivity contribution is 9.10. The molecule has 0 saturated carbocycles. The first-order valence-corrected chi connectivity index (χ1v) is 4.23. The van der Waals surface area contributed by atoms with Gasteiger partial charge in [-0.25, -0.2) is 0 Å². The van der Waals surface area contributed by atoms with Gasteiger partial charge in [-0.3, -0.25) is 0 Å². The predicted molar refractivity (Wildman–Crippen MR) is 48.5 cm³/mol. The van der Waals surface area contributed by atoms with Gasteiger partial charge in [0.1, 0.15) is 12.0 Å². The fourth-order valence-electron chi connectivity index (χ4n) is 0.938. The molecule has 0 fully saturated rings. The van der Waals surface area contributed by atoms with Crippen LogP contribution in [0.2, 0.25) is 0 Å². The number of hydrogen-bond acceptors (Lipinski definition) is 2. The zero-order valence-electron chi connectivity index (χ0n) is 6.12. The number of benzene rings is 1. The lowest BCUT2D eigenvalue weighted by atomic mass is 10.2. The van der Waals surface area contributed by atoms with Crippen LogP contribution in [0.25, 0.3) is 11.3 Å². The Morgan fingerprint density at radius 2 is 2.33 bits per heavy atom. The first kappa shape index (κ1) is 7.55. The van der Waals surface area contributed by atoms with Crippen LogP contribution >= 0.6 is 15.9 Å². The van der Waals surface area contributed by atoms with E-state index in [-0.39, 0.29) is 0 Å². The SMILES string of the molecule is Brc1cc[c]c(-c2ccon2)c1. The third-order valence-corrected chi connectivity index (χ3v) is 1.97. The molecule has 59 valence electrons. The zero-order valence-corrected chi connectivity index (χ0v) is 7.71. The lowest BCUT2D eigenvalue weighted by Gasteiger charge is -1.93. The van der Waals surface area contributed by atoms with E-state index < -0.39 is 0 Å². The van der Waals surface area contributed by atoms with Gasteiger partial charge in [0.2, 0.25) is 0 Å². The molecule has 2 aromatic rings. The van der Waals surface area contributed by atoms with Crippen molar-refractivity contribution in [2.75, 3.05) is 0 Å². The molecule has 3 heteroatoms. The van der Waals surface area contributed by atoms with Crippen molar-refractivity contribution < 1.29 is 4.52 Å². The molecular formula is C9H5BrNO. The fraction of sp³-hybridized carbons (Fsp3) is 0. The predicted octanol–water partition coefficient (Wildman–Crippen LogP) is 2.90. The summed E-state index contributed by atoms with van der Waals surface area (Å²) in [6.07, 6.45) is 1.55. The van der Waals surface area contributed by atoms with E-state index in [1.54, 1.807) is 12.3 Å². The Kier molecular flexibility index (Phi) is 1.96. The first-order valence-electron chi connectivity index (χ1n) is 3.44. The Bertz CT molecular complexity index is 370. The van der Waals surface area contributed by atoms with Gasteiger partial charge in [-0.1, -0.05) is 27.2 Å². The molecule has 0 N–H and O–H groups in total. The highest BCUT2D eigenvalue weighted by Gasteiger charge is 2.00. The van der Waals surface area contributed by atoms with E-state index in [2.05, 4.69) is 27.2 Å². The van der Waals surface area contributed by atoms with Crippen LogP contribution in [0.3, 0.4) is 0 Å². The number of aromatic nitrogens is 1. The van der Waals surface area contributed by atoms with Crippen molar-refractivity contribution >= 4 is 15.9 Å². The summed E-state index contributed by atoms with van der Waals surface area (Å²) in [6, 6.07) is 10.6. The van der Waals surface area contributed by atoms with Gasteiger partial charge in [-0.2, -0.15) is 0 Å². The maximum absolute atomic E-state index is 4.72. The number of nitrogens with zero attached hydrogens (tertiary/aromatic N) is 1. The van der Waals surface area contributed by atoms with Gasteiger partial charge >= 0.3 is 0 Å². The van der Waals surface area contributed by atoms with Crippen molar-refractivity contribution in [1.82, 2.24) is 5.16 Å². The monoisotopic (exact) mass is 222 g/mol. The van der Waals surface area contributed by atoms with E-state index in [0.717, 1.165) is 15.7 Å². The summed E-state index contributed by atoms with van der Waals surface area (Å²) >= 11 is 3.37. The highest BCUT2D eigenvalue weighted by atomic mass is 79.9. The summed E-state index contributed by atoms with van der Waals surface area (Å²) in [5.41, 5.74) is 1.73. The van der Waals surface area contributed by atoms with Crippen molar-refractivity contribution in [1.29, 1.82) is 0 Å². The van der Waals surface area contributed by atoms with Crippen molar-refractivity contribution in [3.05, 3.63) is 41.1 Å². The standard InChI is InChI=1S/C9H5BrNO/c10-8-3-1-2-7(6-8)9-4-5-12-11-9/h1,3-6H. The van der Waals surface area contributed by atoms with Crippen LogP contribution in [-0.2, 0) is 0 Å². The van der Waals surface area contributed by atoms with Crippen molar-refractivity contribution in [2.24, 2.45) is 0 Å². The lowest BCUT2D eigenvalue weighted by molar-refractivity contribution is 0.422. The van der Waals surface area contributed by atoms with E-state index in [0.29, 0.717) is 0 Å². The summed E-state index contributed by atoms with van der Waals surface area (Å²) in [4.78, 5) is 0. The molecule has 0 aliphatic carbocycles. The summed E-state index contributed by atoms with van der Waals surface area (Å²) in [5.74, 6) is 0. The second-order valence-corrected chi connectivity index (χ2v) is 3.22. The summed E-state index contributed by atoms with van der Waals surface area (Å²) in [6.45, 7) is 0. The molecule has 12 heavy (non-hydrogen) atoms. The number of halogens is 1. The number of rotatable bonds is 1. The van der Waals surface area contributed by atoms with E-state index in [1.807, 2.05) is 18.2 Å². The summed E-state index contributed by atoms with van der Waals surface area (Å²) in [7, 11) is 0. The molecule has 0 bridgehead atoms. The smallest absolute Gasteiger partial charge is 0.124 e. The van der Waals surface area contributed by atoms with Gasteiger partial charge in [-0.15, -0.1) is 0 Å². The third-order valence-electron chi connectivity index (χ3n) is 1.48. The molecule has 1 heterocycles. The molecule has 0 saturated heterocycles. The normalized spacial score (nSPS) is 10.1. The molecule has 0 aliphatic rings. The molecule has 1 radical (unpaired) electrons. The molecular weight excluding hydrogens is 218 g/mol. The van der Waals surface area contributed by atoms with Gasteiger partial charge in [0.25, 0.3) is 0 Å². The molecule has 0 amide bonds. The molecule has 0 spiro atoms. The van der Waals surface area contributed by atoms with Gasteiger partial charge in [0, 0.05) is 16.1 Å². The second-order valence-electron chi connectivity index (χ2n) is 2.31. The van der Waals surface area contributed by atoms with Crippen molar-refractivity contribution in [3.8, 4) is 11.3 Å². The molecule has 0 aliphatic heterocycles. The molecule has 2 rings (SSSR count). The minimum atomic E-state index is 0.802. The number of hydrogen-bond donors (Lipinski definition) is 0. The molecule has 2 nitrogen and oxygen atoms in total. The Balaban J connectivity index is 2.48. The van der Waals surface area contributed by atoms with E-state index in [9.17, 15) is 0 Å². The van der Waals surface area contributed by atoms with Crippen molar-refractivity contribution in [2.45, 2.75) is 0 Å². The van der Waals surface area contributed by atoms with E-state index >= 15 is 0 Å². The summed E-state index contributed by atoms with van der Waals surface area (Å²) < 4.78 is 5.74. The van der Waals surface area contributed by atoms with Crippen LogP contribution in [0, 0.1) is 6.07 Å². The summed E-state index contributed by atoms with van der Waals surface area (Å²) in [5, 5.41) is 3.80. The van der Waals surface area contributed by atoms with E-state index in [1.165, 1.54) is 0 Å². The largest absolute Gasteiger partial charge is 0.364 e. The zero-order chi connectivity index (χ0) is 8.39. The van der Waals surface area contributed by atoms with Gasteiger partial charge < -0.3 is 4.52 Å². The van der Waals surface area contributed by atoms with Crippen LogP contribution < -0.4 is 0 Å². The maximum Gasteiger partial charge on any atom is 0.124 e. The lowest BCUT2D eigenvalue weighted by Crippen LogP contribution is -1.76. The van der Waals surface area contributed by atoms with Gasteiger partial charge in [-0.05, 0) is 18.2 Å². The highest BCUT2D eigenvalue weighted by Crippen LogP contribution is 2.20. The Labute approximate surface area is 78.3 Å². The minimum absolute atomic E-state index is 0.802. The average Bonchev–Trinajstić information content (AvgIpc) is 2.56. The Morgan fingerprint density at radius 1 is 1.42 bits per heavy atom. The second kappa shape index (κ2) is 3.11. The Hall–Kier alpha value is -1.09. The minimum Gasteiger partial charge on any atom is -0.364 e. The first-order chi connectivity index (χ1) is 5.86.